The molecule has 0 fully saturated rings. The zero-order valence-corrected chi connectivity index (χ0v) is 10.1. The lowest BCUT2D eigenvalue weighted by molar-refractivity contribution is 0.0695. The molecule has 3 nitrogen and oxygen atoms in total. The predicted octanol–water partition coefficient (Wildman–Crippen LogP) is 3.09. The molecule has 94 valence electrons. The van der Waals surface area contributed by atoms with Gasteiger partial charge < -0.3 is 9.84 Å². The minimum Gasteiger partial charge on any atom is -0.478 e. The molecule has 0 radical (unpaired) electrons. The van der Waals surface area contributed by atoms with Crippen molar-refractivity contribution >= 4 is 5.97 Å². The minimum atomic E-state index is -1.13. The van der Waals surface area contributed by atoms with Crippen LogP contribution in [0.1, 0.15) is 36.2 Å². The van der Waals surface area contributed by atoms with Crippen molar-refractivity contribution in [1.82, 2.24) is 0 Å². The van der Waals surface area contributed by atoms with Crippen LogP contribution in [-0.4, -0.2) is 17.7 Å². The van der Waals surface area contributed by atoms with Crippen LogP contribution >= 0.6 is 0 Å². The number of hydrogen-bond donors (Lipinski definition) is 1. The molecule has 0 heterocycles. The van der Waals surface area contributed by atoms with Gasteiger partial charge in [0.05, 0.1) is 12.2 Å². The molecule has 0 atom stereocenters. The van der Waals surface area contributed by atoms with Crippen LogP contribution in [-0.2, 0) is 11.3 Å². The Balaban J connectivity index is 2.56. The molecule has 4 heteroatoms. The fourth-order valence-corrected chi connectivity index (χ4v) is 1.37. The third-order valence-electron chi connectivity index (χ3n) is 2.31. The molecule has 0 bridgehead atoms. The summed E-state index contributed by atoms with van der Waals surface area (Å²) in [4.78, 5) is 10.7. The number of aromatic carboxylic acids is 1. The third-order valence-corrected chi connectivity index (χ3v) is 2.31. The van der Waals surface area contributed by atoms with Crippen LogP contribution < -0.4 is 0 Å². The SMILES string of the molecule is CC(C)CCOCc1cc(F)cc(C(=O)O)c1. The molecule has 1 aromatic carbocycles. The summed E-state index contributed by atoms with van der Waals surface area (Å²) >= 11 is 0. The molecule has 0 amide bonds. The third kappa shape index (κ3) is 4.95. The van der Waals surface area contributed by atoms with Gasteiger partial charge in [0, 0.05) is 6.61 Å². The molecule has 0 aliphatic rings. The van der Waals surface area contributed by atoms with Gasteiger partial charge in [-0.2, -0.15) is 0 Å². The van der Waals surface area contributed by atoms with E-state index in [4.69, 9.17) is 9.84 Å². The van der Waals surface area contributed by atoms with Crippen LogP contribution in [0.2, 0.25) is 0 Å². The Morgan fingerprint density at radius 2 is 2.12 bits per heavy atom. The van der Waals surface area contributed by atoms with E-state index in [0.29, 0.717) is 18.1 Å². The molecule has 0 spiro atoms. The number of rotatable bonds is 6. The molecule has 0 aliphatic carbocycles. The average molecular weight is 240 g/mol. The zero-order valence-electron chi connectivity index (χ0n) is 10.1. The van der Waals surface area contributed by atoms with Gasteiger partial charge in [0.15, 0.2) is 0 Å². The van der Waals surface area contributed by atoms with E-state index < -0.39 is 11.8 Å². The van der Waals surface area contributed by atoms with Crippen molar-refractivity contribution in [2.45, 2.75) is 26.9 Å². The number of hydrogen-bond acceptors (Lipinski definition) is 2. The summed E-state index contributed by atoms with van der Waals surface area (Å²) in [5, 5.41) is 8.77. The number of carboxylic acids is 1. The lowest BCUT2D eigenvalue weighted by Gasteiger charge is -2.07. The quantitative estimate of drug-likeness (QED) is 0.777. The first-order chi connectivity index (χ1) is 7.99. The van der Waals surface area contributed by atoms with Crippen LogP contribution in [0.4, 0.5) is 4.39 Å². The second kappa shape index (κ2) is 6.35. The average Bonchev–Trinajstić information content (AvgIpc) is 2.23. The van der Waals surface area contributed by atoms with E-state index in [9.17, 15) is 9.18 Å². The van der Waals surface area contributed by atoms with Gasteiger partial charge in [0.2, 0.25) is 0 Å². The van der Waals surface area contributed by atoms with E-state index in [1.54, 1.807) is 0 Å². The fourth-order valence-electron chi connectivity index (χ4n) is 1.37. The Labute approximate surface area is 100 Å². The first kappa shape index (κ1) is 13.6. The van der Waals surface area contributed by atoms with Crippen molar-refractivity contribution in [2.75, 3.05) is 6.61 Å². The van der Waals surface area contributed by atoms with Crippen LogP contribution in [0.5, 0.6) is 0 Å². The lowest BCUT2D eigenvalue weighted by Crippen LogP contribution is -2.02. The summed E-state index contributed by atoms with van der Waals surface area (Å²) in [5.41, 5.74) is 0.499. The van der Waals surface area contributed by atoms with Crippen LogP contribution in [0, 0.1) is 11.7 Å². The van der Waals surface area contributed by atoms with Gasteiger partial charge in [-0.15, -0.1) is 0 Å². The molecule has 1 aromatic rings. The van der Waals surface area contributed by atoms with E-state index in [0.717, 1.165) is 12.5 Å². The minimum absolute atomic E-state index is 0.0486. The number of benzene rings is 1. The van der Waals surface area contributed by atoms with Gasteiger partial charge in [0.1, 0.15) is 5.82 Å². The Morgan fingerprint density at radius 1 is 1.41 bits per heavy atom. The fraction of sp³-hybridized carbons (Fsp3) is 0.462. The van der Waals surface area contributed by atoms with Gasteiger partial charge in [0.25, 0.3) is 0 Å². The smallest absolute Gasteiger partial charge is 0.335 e. The normalized spacial score (nSPS) is 10.8. The number of carbonyl (C=O) groups is 1. The van der Waals surface area contributed by atoms with Crippen molar-refractivity contribution in [3.63, 3.8) is 0 Å². The maximum absolute atomic E-state index is 13.1. The highest BCUT2D eigenvalue weighted by atomic mass is 19.1. The summed E-state index contributed by atoms with van der Waals surface area (Å²) in [7, 11) is 0. The van der Waals surface area contributed by atoms with E-state index in [1.165, 1.54) is 12.1 Å². The standard InChI is InChI=1S/C13H17FO3/c1-9(2)3-4-17-8-10-5-11(13(15)16)7-12(14)6-10/h5-7,9H,3-4,8H2,1-2H3,(H,15,16). The van der Waals surface area contributed by atoms with Gasteiger partial charge in [-0.1, -0.05) is 13.8 Å². The second-order valence-corrected chi connectivity index (χ2v) is 4.39. The van der Waals surface area contributed by atoms with Crippen molar-refractivity contribution in [3.05, 3.63) is 35.1 Å². The molecule has 0 unspecified atom stereocenters. The van der Waals surface area contributed by atoms with Gasteiger partial charge >= 0.3 is 5.97 Å². The molecule has 1 rings (SSSR count). The van der Waals surface area contributed by atoms with Crippen molar-refractivity contribution in [3.8, 4) is 0 Å². The maximum atomic E-state index is 13.1. The van der Waals surface area contributed by atoms with Crippen LogP contribution in [0.3, 0.4) is 0 Å². The summed E-state index contributed by atoms with van der Waals surface area (Å²) in [6, 6.07) is 3.72. The topological polar surface area (TPSA) is 46.5 Å². The molecule has 17 heavy (non-hydrogen) atoms. The van der Waals surface area contributed by atoms with E-state index >= 15 is 0 Å². The first-order valence-electron chi connectivity index (χ1n) is 5.59. The van der Waals surface area contributed by atoms with E-state index in [2.05, 4.69) is 13.8 Å². The Morgan fingerprint density at radius 3 is 2.71 bits per heavy atom. The summed E-state index contributed by atoms with van der Waals surface area (Å²) < 4.78 is 18.5. The molecule has 0 aromatic heterocycles. The van der Waals surface area contributed by atoms with Crippen molar-refractivity contribution in [2.24, 2.45) is 5.92 Å². The molecule has 0 aliphatic heterocycles. The van der Waals surface area contributed by atoms with Gasteiger partial charge in [-0.3, -0.25) is 0 Å². The van der Waals surface area contributed by atoms with Gasteiger partial charge in [-0.25, -0.2) is 9.18 Å². The molecule has 1 N–H and O–H groups in total. The Hall–Kier alpha value is -1.42. The predicted molar refractivity (Wildman–Crippen MR) is 62.5 cm³/mol. The van der Waals surface area contributed by atoms with E-state index in [1.807, 2.05) is 0 Å². The highest BCUT2D eigenvalue weighted by molar-refractivity contribution is 5.87. The van der Waals surface area contributed by atoms with Crippen molar-refractivity contribution in [1.29, 1.82) is 0 Å². The van der Waals surface area contributed by atoms with Crippen molar-refractivity contribution < 1.29 is 19.0 Å². The Bertz CT molecular complexity index is 388. The van der Waals surface area contributed by atoms with Crippen LogP contribution in [0.25, 0.3) is 0 Å². The largest absolute Gasteiger partial charge is 0.478 e. The number of ether oxygens (including phenoxy) is 1. The summed E-state index contributed by atoms with van der Waals surface area (Å²) in [5.74, 6) is -1.13. The highest BCUT2D eigenvalue weighted by Crippen LogP contribution is 2.11. The number of carboxylic acid groups (broad SMARTS) is 1. The molecular formula is C13H17FO3. The van der Waals surface area contributed by atoms with Gasteiger partial charge in [-0.05, 0) is 36.1 Å². The summed E-state index contributed by atoms with van der Waals surface area (Å²) in [6.45, 7) is 5.02. The van der Waals surface area contributed by atoms with E-state index in [-0.39, 0.29) is 12.2 Å². The Kier molecular flexibility index (Phi) is 5.10. The summed E-state index contributed by atoms with van der Waals surface area (Å²) in [6.07, 6.45) is 0.932. The molecule has 0 saturated carbocycles. The van der Waals surface area contributed by atoms with Crippen LogP contribution in [0.15, 0.2) is 18.2 Å². The zero-order chi connectivity index (χ0) is 12.8. The maximum Gasteiger partial charge on any atom is 0.335 e. The lowest BCUT2D eigenvalue weighted by atomic mass is 10.1. The monoisotopic (exact) mass is 240 g/mol. The molecular weight excluding hydrogens is 223 g/mol. The molecule has 0 saturated heterocycles. The second-order valence-electron chi connectivity index (χ2n) is 4.39. The first-order valence-corrected chi connectivity index (χ1v) is 5.59. The number of halogens is 1. The highest BCUT2D eigenvalue weighted by Gasteiger charge is 2.07.